The van der Waals surface area contributed by atoms with E-state index in [0.29, 0.717) is 11.1 Å². The summed E-state index contributed by atoms with van der Waals surface area (Å²) in [4.78, 5) is 20.7. The van der Waals surface area contributed by atoms with E-state index in [1.165, 1.54) is 24.3 Å². The second kappa shape index (κ2) is 6.29. The van der Waals surface area contributed by atoms with Crippen LogP contribution in [-0.2, 0) is 0 Å². The van der Waals surface area contributed by atoms with Gasteiger partial charge in [0.2, 0.25) is 0 Å². The molecule has 22 heavy (non-hydrogen) atoms. The number of nitrogens with zero attached hydrogens (tertiary/aromatic N) is 2. The first-order chi connectivity index (χ1) is 10.3. The zero-order valence-corrected chi connectivity index (χ0v) is 12.8. The lowest BCUT2D eigenvalue weighted by atomic mass is 9.92. The number of nitro groups is 2. The molecule has 0 aliphatic rings. The fourth-order valence-corrected chi connectivity index (χ4v) is 2.44. The molecule has 2 aromatic carbocycles. The van der Waals surface area contributed by atoms with Crippen molar-refractivity contribution in [1.82, 2.24) is 0 Å². The highest BCUT2D eigenvalue weighted by Crippen LogP contribution is 2.34. The Morgan fingerprint density at radius 2 is 1.23 bits per heavy atom. The summed E-state index contributed by atoms with van der Waals surface area (Å²) < 4.78 is 0. The lowest BCUT2D eigenvalue weighted by Gasteiger charge is -2.13. The topological polar surface area (TPSA) is 86.3 Å². The summed E-state index contributed by atoms with van der Waals surface area (Å²) >= 11 is 11.6. The first kappa shape index (κ1) is 16.2. The third kappa shape index (κ3) is 3.18. The van der Waals surface area contributed by atoms with E-state index in [4.69, 9.17) is 23.2 Å². The number of nitro benzene ring substituents is 2. The molecule has 0 saturated heterocycles. The highest BCUT2D eigenvalue weighted by Gasteiger charge is 2.19. The van der Waals surface area contributed by atoms with Crippen molar-refractivity contribution in [1.29, 1.82) is 0 Å². The number of hydrogen-bond acceptors (Lipinski definition) is 4. The second-order valence-electron chi connectivity index (χ2n) is 4.66. The van der Waals surface area contributed by atoms with E-state index in [1.807, 2.05) is 0 Å². The van der Waals surface area contributed by atoms with Crippen LogP contribution < -0.4 is 0 Å². The molecule has 0 spiro atoms. The minimum absolute atomic E-state index is 0.0445. The zero-order chi connectivity index (χ0) is 16.4. The van der Waals surface area contributed by atoms with Gasteiger partial charge in [0, 0.05) is 18.1 Å². The van der Waals surface area contributed by atoms with Gasteiger partial charge in [-0.15, -0.1) is 0 Å². The van der Waals surface area contributed by atoms with Crippen LogP contribution in [0.25, 0.3) is 0 Å². The lowest BCUT2D eigenvalue weighted by Crippen LogP contribution is -2.00. The molecule has 0 atom stereocenters. The van der Waals surface area contributed by atoms with Crippen LogP contribution in [0.2, 0.25) is 10.0 Å². The third-order valence-electron chi connectivity index (χ3n) is 3.33. The van der Waals surface area contributed by atoms with Crippen LogP contribution in [0.4, 0.5) is 11.4 Å². The van der Waals surface area contributed by atoms with Crippen LogP contribution in [-0.4, -0.2) is 9.85 Å². The molecule has 0 N–H and O–H groups in total. The number of halogens is 2. The van der Waals surface area contributed by atoms with Crippen molar-refractivity contribution >= 4 is 34.6 Å². The molecule has 0 unspecified atom stereocenters. The van der Waals surface area contributed by atoms with Crippen molar-refractivity contribution in [3.8, 4) is 0 Å². The zero-order valence-electron chi connectivity index (χ0n) is 11.3. The molecule has 6 nitrogen and oxygen atoms in total. The lowest BCUT2D eigenvalue weighted by molar-refractivity contribution is -0.384. The quantitative estimate of drug-likeness (QED) is 0.581. The fourth-order valence-electron chi connectivity index (χ4n) is 2.07. The van der Waals surface area contributed by atoms with Crippen LogP contribution in [0.3, 0.4) is 0 Å². The van der Waals surface area contributed by atoms with Crippen LogP contribution in [0, 0.1) is 20.2 Å². The summed E-state index contributed by atoms with van der Waals surface area (Å²) in [7, 11) is 0. The van der Waals surface area contributed by atoms with Crippen LogP contribution in [0.1, 0.15) is 24.0 Å². The molecule has 0 aliphatic heterocycles. The largest absolute Gasteiger partial charge is 0.288 e. The van der Waals surface area contributed by atoms with Crippen molar-refractivity contribution in [3.63, 3.8) is 0 Å². The maximum absolute atomic E-state index is 10.9. The molecule has 0 radical (unpaired) electrons. The fraction of sp³-hybridized carbons (Fsp3) is 0.143. The SMILES string of the molecule is CC(c1ccc(Cl)c([N+](=O)[O-])c1)c1ccc(Cl)c([N+](=O)[O-])c1. The maximum Gasteiger partial charge on any atom is 0.288 e. The van der Waals surface area contributed by atoms with Crippen LogP contribution in [0.5, 0.6) is 0 Å². The third-order valence-corrected chi connectivity index (χ3v) is 3.97. The van der Waals surface area contributed by atoms with Crippen molar-refractivity contribution < 1.29 is 9.85 Å². The van der Waals surface area contributed by atoms with Gasteiger partial charge in [0.05, 0.1) is 9.85 Å². The van der Waals surface area contributed by atoms with Crippen molar-refractivity contribution in [2.24, 2.45) is 0 Å². The Morgan fingerprint density at radius 3 is 1.55 bits per heavy atom. The summed E-state index contributed by atoms with van der Waals surface area (Å²) in [6.45, 7) is 1.79. The molecule has 8 heteroatoms. The molecule has 0 fully saturated rings. The van der Waals surface area contributed by atoms with Gasteiger partial charge >= 0.3 is 0 Å². The summed E-state index contributed by atoms with van der Waals surface area (Å²) in [6, 6.07) is 8.92. The Labute approximate surface area is 135 Å². The molecule has 2 aromatic rings. The Hall–Kier alpha value is -2.18. The van der Waals surface area contributed by atoms with Gasteiger partial charge in [0.25, 0.3) is 11.4 Å². The highest BCUT2D eigenvalue weighted by atomic mass is 35.5. The minimum Gasteiger partial charge on any atom is -0.258 e. The number of rotatable bonds is 4. The molecule has 114 valence electrons. The Morgan fingerprint density at radius 1 is 0.864 bits per heavy atom. The molecular weight excluding hydrogens is 331 g/mol. The molecular formula is C14H10Cl2N2O4. The Balaban J connectivity index is 2.46. The van der Waals surface area contributed by atoms with Crippen LogP contribution in [0.15, 0.2) is 36.4 Å². The Bertz CT molecular complexity index is 701. The van der Waals surface area contributed by atoms with Gasteiger partial charge < -0.3 is 0 Å². The van der Waals surface area contributed by atoms with E-state index in [0.717, 1.165) is 0 Å². The standard InChI is InChI=1S/C14H10Cl2N2O4/c1-8(9-2-4-11(15)13(6-9)17(19)20)10-3-5-12(16)14(7-10)18(21)22/h2-8H,1H3. The van der Waals surface area contributed by atoms with E-state index >= 15 is 0 Å². The molecule has 0 bridgehead atoms. The van der Waals surface area contributed by atoms with E-state index in [1.54, 1.807) is 19.1 Å². The van der Waals surface area contributed by atoms with Gasteiger partial charge in [0.15, 0.2) is 0 Å². The average molecular weight is 341 g/mol. The van der Waals surface area contributed by atoms with E-state index < -0.39 is 9.85 Å². The summed E-state index contributed by atoms with van der Waals surface area (Å²) in [5.74, 6) is -0.285. The van der Waals surface area contributed by atoms with E-state index in [-0.39, 0.29) is 27.3 Å². The Kier molecular flexibility index (Phi) is 4.63. The van der Waals surface area contributed by atoms with Gasteiger partial charge in [-0.3, -0.25) is 20.2 Å². The molecule has 0 aromatic heterocycles. The first-order valence-electron chi connectivity index (χ1n) is 6.19. The molecule has 0 saturated carbocycles. The van der Waals surface area contributed by atoms with Crippen molar-refractivity contribution in [2.75, 3.05) is 0 Å². The highest BCUT2D eigenvalue weighted by molar-refractivity contribution is 6.33. The first-order valence-corrected chi connectivity index (χ1v) is 6.94. The summed E-state index contributed by atoms with van der Waals surface area (Å²) in [6.07, 6.45) is 0. The monoisotopic (exact) mass is 340 g/mol. The smallest absolute Gasteiger partial charge is 0.258 e. The van der Waals surface area contributed by atoms with Gasteiger partial charge in [0.1, 0.15) is 10.0 Å². The predicted octanol–water partition coefficient (Wildman–Crippen LogP) is 4.96. The van der Waals surface area contributed by atoms with Gasteiger partial charge in [-0.1, -0.05) is 42.3 Å². The predicted molar refractivity (Wildman–Crippen MR) is 83.7 cm³/mol. The maximum atomic E-state index is 10.9. The molecule has 2 rings (SSSR count). The number of benzene rings is 2. The van der Waals surface area contributed by atoms with Gasteiger partial charge in [-0.05, 0) is 23.3 Å². The van der Waals surface area contributed by atoms with Gasteiger partial charge in [-0.2, -0.15) is 0 Å². The number of hydrogen-bond donors (Lipinski definition) is 0. The molecule has 0 heterocycles. The second-order valence-corrected chi connectivity index (χ2v) is 5.47. The minimum atomic E-state index is -0.567. The van der Waals surface area contributed by atoms with E-state index in [9.17, 15) is 20.2 Å². The molecule has 0 amide bonds. The summed E-state index contributed by atoms with van der Waals surface area (Å²) in [5, 5.41) is 22.0. The van der Waals surface area contributed by atoms with Crippen molar-refractivity contribution in [2.45, 2.75) is 12.8 Å². The normalized spacial score (nSPS) is 10.7. The van der Waals surface area contributed by atoms with Gasteiger partial charge in [-0.25, -0.2) is 0 Å². The van der Waals surface area contributed by atoms with Crippen LogP contribution >= 0.6 is 23.2 Å². The van der Waals surface area contributed by atoms with E-state index in [2.05, 4.69) is 0 Å². The average Bonchev–Trinajstić information content (AvgIpc) is 2.47. The van der Waals surface area contributed by atoms with Crippen molar-refractivity contribution in [3.05, 3.63) is 77.8 Å². The summed E-state index contributed by atoms with van der Waals surface area (Å²) in [5.41, 5.74) is 0.865. The molecule has 0 aliphatic carbocycles.